The Balaban J connectivity index is 2.17. The lowest BCUT2D eigenvalue weighted by Crippen LogP contribution is -2.04. The summed E-state index contributed by atoms with van der Waals surface area (Å²) in [5, 5.41) is 22.8. The van der Waals surface area contributed by atoms with Gasteiger partial charge in [0.1, 0.15) is 11.8 Å². The monoisotopic (exact) mass is 419 g/mol. The number of rotatable bonds is 4. The lowest BCUT2D eigenvalue weighted by molar-refractivity contribution is -0.138. The molecule has 0 aliphatic heterocycles. The molecule has 0 amide bonds. The molecule has 12 heteroatoms. The molecule has 0 radical (unpaired) electrons. The van der Waals surface area contributed by atoms with Gasteiger partial charge in [0.25, 0.3) is 6.17 Å². The van der Waals surface area contributed by atoms with E-state index in [0.29, 0.717) is 6.07 Å². The summed E-state index contributed by atoms with van der Waals surface area (Å²) in [6.07, 6.45) is -10.7. The predicted octanol–water partition coefficient (Wildman–Crippen LogP) is 7.09. The minimum Gasteiger partial charge on any atom is -0.194 e. The van der Waals surface area contributed by atoms with Gasteiger partial charge in [-0.1, -0.05) is 11.6 Å². The Hall–Kier alpha value is -3.00. The molecular weight excluding hydrogens is 412 g/mol. The number of alkyl halides is 6. The summed E-state index contributed by atoms with van der Waals surface area (Å²) < 4.78 is 75.5. The molecule has 146 valence electrons. The standard InChI is InChI=1S/C16H8ClF6N5/c17-12-6-3-10(16(21,22)23)7-13(12)26-28-14(8-24)27-25-11-4-1-9(2-5-11)15(18,19)20/h1-7,14H. The number of nitrogens with zero attached hydrogens (tertiary/aromatic N) is 5. The third-order valence-electron chi connectivity index (χ3n) is 3.14. The van der Waals surface area contributed by atoms with Crippen LogP contribution < -0.4 is 0 Å². The highest BCUT2D eigenvalue weighted by Crippen LogP contribution is 2.35. The van der Waals surface area contributed by atoms with Crippen molar-refractivity contribution < 1.29 is 26.3 Å². The van der Waals surface area contributed by atoms with Crippen molar-refractivity contribution in [2.45, 2.75) is 18.5 Å². The maximum atomic E-state index is 12.7. The van der Waals surface area contributed by atoms with Crippen LogP contribution in [0.4, 0.5) is 37.7 Å². The zero-order valence-corrected chi connectivity index (χ0v) is 14.3. The fraction of sp³-hybridized carbons (Fsp3) is 0.188. The Morgan fingerprint density at radius 2 is 1.36 bits per heavy atom. The molecule has 2 aromatic carbocycles. The van der Waals surface area contributed by atoms with E-state index in [4.69, 9.17) is 16.9 Å². The summed E-state index contributed by atoms with van der Waals surface area (Å²) in [5.41, 5.74) is -2.21. The van der Waals surface area contributed by atoms with Crippen LogP contribution in [0.3, 0.4) is 0 Å². The Labute approximate surface area is 159 Å². The summed E-state index contributed by atoms with van der Waals surface area (Å²) >= 11 is 5.75. The Morgan fingerprint density at radius 3 is 1.89 bits per heavy atom. The highest BCUT2D eigenvalue weighted by Gasteiger charge is 2.31. The van der Waals surface area contributed by atoms with Gasteiger partial charge in [-0.15, -0.1) is 10.2 Å². The molecule has 0 saturated heterocycles. The zero-order valence-electron chi connectivity index (χ0n) is 13.5. The number of azo groups is 2. The normalized spacial score (nSPS) is 13.8. The predicted molar refractivity (Wildman–Crippen MR) is 86.3 cm³/mol. The number of hydrogen-bond acceptors (Lipinski definition) is 5. The van der Waals surface area contributed by atoms with Gasteiger partial charge >= 0.3 is 12.4 Å². The average molecular weight is 420 g/mol. The van der Waals surface area contributed by atoms with E-state index in [1.54, 1.807) is 6.07 Å². The van der Waals surface area contributed by atoms with Crippen LogP contribution >= 0.6 is 11.6 Å². The minimum absolute atomic E-state index is 0.0144. The second kappa shape index (κ2) is 8.35. The molecule has 1 unspecified atom stereocenters. The van der Waals surface area contributed by atoms with Crippen molar-refractivity contribution in [2.75, 3.05) is 0 Å². The molecule has 5 nitrogen and oxygen atoms in total. The molecule has 1 atom stereocenters. The van der Waals surface area contributed by atoms with Crippen LogP contribution in [0.15, 0.2) is 62.9 Å². The smallest absolute Gasteiger partial charge is 0.194 e. The first kappa shape index (κ1) is 21.3. The highest BCUT2D eigenvalue weighted by molar-refractivity contribution is 6.32. The Bertz CT molecular complexity index is 929. The van der Waals surface area contributed by atoms with Gasteiger partial charge in [-0.05, 0) is 42.5 Å². The van der Waals surface area contributed by atoms with E-state index in [1.165, 1.54) is 0 Å². The number of nitriles is 1. The second-order valence-electron chi connectivity index (χ2n) is 5.14. The van der Waals surface area contributed by atoms with Crippen molar-refractivity contribution in [2.24, 2.45) is 20.5 Å². The third kappa shape index (κ3) is 5.75. The Kier molecular flexibility index (Phi) is 6.35. The van der Waals surface area contributed by atoms with Crippen LogP contribution in [0.2, 0.25) is 5.02 Å². The minimum atomic E-state index is -4.62. The van der Waals surface area contributed by atoms with E-state index >= 15 is 0 Å². The van der Waals surface area contributed by atoms with Crippen LogP contribution in [0.5, 0.6) is 0 Å². The number of hydrogen-bond donors (Lipinski definition) is 0. The third-order valence-corrected chi connectivity index (χ3v) is 3.46. The summed E-state index contributed by atoms with van der Waals surface area (Å²) in [6, 6.07) is 7.57. The molecule has 0 aliphatic carbocycles. The number of halogens is 7. The van der Waals surface area contributed by atoms with Gasteiger partial charge < -0.3 is 0 Å². The molecule has 0 saturated carbocycles. The van der Waals surface area contributed by atoms with E-state index in [9.17, 15) is 26.3 Å². The lowest BCUT2D eigenvalue weighted by atomic mass is 10.2. The molecule has 0 fully saturated rings. The van der Waals surface area contributed by atoms with Crippen LogP contribution in [-0.4, -0.2) is 6.17 Å². The first-order valence-corrected chi connectivity index (χ1v) is 7.64. The topological polar surface area (TPSA) is 73.2 Å². The van der Waals surface area contributed by atoms with Crippen molar-refractivity contribution in [3.63, 3.8) is 0 Å². The van der Waals surface area contributed by atoms with Crippen molar-refractivity contribution in [3.8, 4) is 6.07 Å². The summed E-state index contributed by atoms with van der Waals surface area (Å²) in [7, 11) is 0. The molecule has 0 aliphatic rings. The van der Waals surface area contributed by atoms with Crippen LogP contribution in [0.25, 0.3) is 0 Å². The van der Waals surface area contributed by atoms with Crippen LogP contribution in [0.1, 0.15) is 11.1 Å². The largest absolute Gasteiger partial charge is 0.416 e. The summed E-state index contributed by atoms with van der Waals surface area (Å²) in [5.74, 6) is 0. The lowest BCUT2D eigenvalue weighted by Gasteiger charge is -2.07. The molecule has 0 spiro atoms. The van der Waals surface area contributed by atoms with Gasteiger partial charge in [0.15, 0.2) is 0 Å². The van der Waals surface area contributed by atoms with Gasteiger partial charge in [-0.3, -0.25) is 0 Å². The zero-order chi connectivity index (χ0) is 20.9. The maximum absolute atomic E-state index is 12.7. The van der Waals surface area contributed by atoms with E-state index in [2.05, 4.69) is 20.5 Å². The maximum Gasteiger partial charge on any atom is 0.416 e. The summed E-state index contributed by atoms with van der Waals surface area (Å²) in [6.45, 7) is 0. The van der Waals surface area contributed by atoms with Gasteiger partial charge in [-0.2, -0.15) is 41.8 Å². The summed E-state index contributed by atoms with van der Waals surface area (Å²) in [4.78, 5) is 0. The molecule has 2 aromatic rings. The van der Waals surface area contributed by atoms with E-state index in [-0.39, 0.29) is 16.4 Å². The fourth-order valence-corrected chi connectivity index (χ4v) is 1.95. The quantitative estimate of drug-likeness (QED) is 0.385. The van der Waals surface area contributed by atoms with Crippen molar-refractivity contribution in [3.05, 3.63) is 58.6 Å². The molecule has 0 heterocycles. The first-order valence-electron chi connectivity index (χ1n) is 7.26. The van der Waals surface area contributed by atoms with E-state index in [0.717, 1.165) is 36.4 Å². The van der Waals surface area contributed by atoms with Gasteiger partial charge in [-0.25, -0.2) is 0 Å². The van der Waals surface area contributed by atoms with Crippen molar-refractivity contribution in [1.29, 1.82) is 5.26 Å². The highest BCUT2D eigenvalue weighted by atomic mass is 35.5. The molecule has 2 rings (SSSR count). The molecule has 0 aromatic heterocycles. The van der Waals surface area contributed by atoms with Crippen LogP contribution in [-0.2, 0) is 12.4 Å². The molecule has 0 bridgehead atoms. The van der Waals surface area contributed by atoms with Gasteiger partial charge in [0.05, 0.1) is 21.8 Å². The van der Waals surface area contributed by atoms with Crippen molar-refractivity contribution >= 4 is 23.0 Å². The van der Waals surface area contributed by atoms with Gasteiger partial charge in [0, 0.05) is 0 Å². The number of benzene rings is 2. The van der Waals surface area contributed by atoms with Gasteiger partial charge in [0.2, 0.25) is 0 Å². The van der Waals surface area contributed by atoms with Crippen molar-refractivity contribution in [1.82, 2.24) is 0 Å². The fourth-order valence-electron chi connectivity index (χ4n) is 1.80. The Morgan fingerprint density at radius 1 is 0.821 bits per heavy atom. The van der Waals surface area contributed by atoms with E-state index in [1.807, 2.05) is 0 Å². The second-order valence-corrected chi connectivity index (χ2v) is 5.55. The molecular formula is C16H8ClF6N5. The molecule has 28 heavy (non-hydrogen) atoms. The van der Waals surface area contributed by atoms with Crippen LogP contribution in [0, 0.1) is 11.3 Å². The average Bonchev–Trinajstić information content (AvgIpc) is 2.61. The first-order chi connectivity index (χ1) is 13.0. The SMILES string of the molecule is N#CC(N=Nc1ccc(C(F)(F)F)cc1)N=Nc1cc(C(F)(F)F)ccc1Cl. The molecule has 0 N–H and O–H groups in total. The van der Waals surface area contributed by atoms with E-state index < -0.39 is 29.6 Å².